The summed E-state index contributed by atoms with van der Waals surface area (Å²) in [5, 5.41) is 2.43. The number of rotatable bonds is 3. The number of hydrogen-bond donors (Lipinski definition) is 1. The van der Waals surface area contributed by atoms with Gasteiger partial charge in [-0.3, -0.25) is 4.79 Å². The fourth-order valence-electron chi connectivity index (χ4n) is 3.11. The zero-order valence-electron chi connectivity index (χ0n) is 14.3. The maximum atomic E-state index is 13.1. The first-order chi connectivity index (χ1) is 12.6. The third-order valence-corrected chi connectivity index (χ3v) is 6.37. The summed E-state index contributed by atoms with van der Waals surface area (Å²) in [5.74, 6) is -0.514. The molecule has 0 bridgehead atoms. The number of benzene rings is 2. The van der Waals surface area contributed by atoms with E-state index in [1.807, 2.05) is 0 Å². The molecule has 1 atom stereocenters. The van der Waals surface area contributed by atoms with Crippen LogP contribution in [-0.4, -0.2) is 31.7 Å². The fraction of sp³-hybridized carbons (Fsp3) is 0.278. The van der Waals surface area contributed by atoms with Gasteiger partial charge in [0.1, 0.15) is 6.04 Å². The molecule has 0 spiro atoms. The number of nitrogens with one attached hydrogen (secondary N) is 1. The summed E-state index contributed by atoms with van der Waals surface area (Å²) in [4.78, 5) is 11.8. The first kappa shape index (κ1) is 19.4. The van der Waals surface area contributed by atoms with Gasteiger partial charge in [-0.1, -0.05) is 30.3 Å². The standard InChI is InChI=1S/C18H17F3N2O3S/c1-22-17(24)16-9-12-5-2-3-6-13(12)11-23(16)27(25,26)15-8-4-7-14(10-15)18(19,20)21/h2-8,10,16H,9,11H2,1H3,(H,22,24)/t16-/m1/s1. The molecule has 9 heteroatoms. The molecular weight excluding hydrogens is 381 g/mol. The minimum absolute atomic E-state index is 0.0904. The van der Waals surface area contributed by atoms with Crippen molar-refractivity contribution in [3.8, 4) is 0 Å². The van der Waals surface area contributed by atoms with Crippen LogP contribution in [0.5, 0.6) is 0 Å². The van der Waals surface area contributed by atoms with E-state index in [4.69, 9.17) is 0 Å². The van der Waals surface area contributed by atoms with Crippen molar-refractivity contribution in [1.29, 1.82) is 0 Å². The molecule has 0 radical (unpaired) electrons. The van der Waals surface area contributed by atoms with Crippen LogP contribution in [0.15, 0.2) is 53.4 Å². The van der Waals surface area contributed by atoms with Crippen molar-refractivity contribution in [3.05, 3.63) is 65.2 Å². The predicted octanol–water partition coefficient (Wildman–Crippen LogP) is 2.57. The maximum Gasteiger partial charge on any atom is 0.416 e. The van der Waals surface area contributed by atoms with Gasteiger partial charge < -0.3 is 5.32 Å². The molecule has 0 saturated heterocycles. The van der Waals surface area contributed by atoms with Gasteiger partial charge in [0, 0.05) is 13.6 Å². The molecule has 1 N–H and O–H groups in total. The van der Waals surface area contributed by atoms with Crippen LogP contribution >= 0.6 is 0 Å². The first-order valence-electron chi connectivity index (χ1n) is 8.12. The number of halogens is 3. The molecule has 0 aliphatic carbocycles. The molecule has 3 rings (SSSR count). The third-order valence-electron chi connectivity index (χ3n) is 4.52. The molecule has 0 fully saturated rings. The Labute approximate surface area is 154 Å². The van der Waals surface area contributed by atoms with Crippen molar-refractivity contribution in [2.75, 3.05) is 7.05 Å². The molecule has 144 valence electrons. The van der Waals surface area contributed by atoms with Crippen LogP contribution in [0.4, 0.5) is 13.2 Å². The van der Waals surface area contributed by atoms with E-state index in [1.165, 1.54) is 7.05 Å². The topological polar surface area (TPSA) is 66.5 Å². The van der Waals surface area contributed by atoms with Gasteiger partial charge in [-0.05, 0) is 35.7 Å². The zero-order valence-corrected chi connectivity index (χ0v) is 15.1. The van der Waals surface area contributed by atoms with Crippen LogP contribution < -0.4 is 5.32 Å². The average molecular weight is 398 g/mol. The summed E-state index contributed by atoms with van der Waals surface area (Å²) < 4.78 is 66.1. The number of likely N-dealkylation sites (N-methyl/N-ethyl adjacent to an activating group) is 1. The van der Waals surface area contributed by atoms with Gasteiger partial charge in [-0.2, -0.15) is 17.5 Å². The quantitative estimate of drug-likeness (QED) is 0.864. The summed E-state index contributed by atoms with van der Waals surface area (Å²) >= 11 is 0. The second-order valence-electron chi connectivity index (χ2n) is 6.18. The number of carbonyl (C=O) groups is 1. The van der Waals surface area contributed by atoms with Gasteiger partial charge in [0.15, 0.2) is 0 Å². The monoisotopic (exact) mass is 398 g/mol. The van der Waals surface area contributed by atoms with E-state index in [1.54, 1.807) is 24.3 Å². The third kappa shape index (κ3) is 3.70. The number of amides is 1. The van der Waals surface area contributed by atoms with Crippen LogP contribution in [0.25, 0.3) is 0 Å². The van der Waals surface area contributed by atoms with E-state index in [-0.39, 0.29) is 13.0 Å². The highest BCUT2D eigenvalue weighted by molar-refractivity contribution is 7.89. The largest absolute Gasteiger partial charge is 0.416 e. The molecule has 1 amide bonds. The number of fused-ring (bicyclic) bond motifs is 1. The lowest BCUT2D eigenvalue weighted by Crippen LogP contribution is -2.51. The highest BCUT2D eigenvalue weighted by atomic mass is 32.2. The van der Waals surface area contributed by atoms with Gasteiger partial charge in [0.2, 0.25) is 15.9 Å². The average Bonchev–Trinajstić information content (AvgIpc) is 2.65. The number of carbonyl (C=O) groups excluding carboxylic acids is 1. The van der Waals surface area contributed by atoms with E-state index in [2.05, 4.69) is 5.32 Å². The minimum Gasteiger partial charge on any atom is -0.358 e. The molecular formula is C18H17F3N2O3S. The van der Waals surface area contributed by atoms with E-state index < -0.39 is 38.6 Å². The van der Waals surface area contributed by atoms with Gasteiger partial charge in [-0.25, -0.2) is 8.42 Å². The number of alkyl halides is 3. The molecule has 1 aliphatic heterocycles. The molecule has 0 saturated carbocycles. The Morgan fingerprint density at radius 1 is 1.11 bits per heavy atom. The molecule has 2 aromatic carbocycles. The van der Waals surface area contributed by atoms with E-state index in [9.17, 15) is 26.4 Å². The molecule has 27 heavy (non-hydrogen) atoms. The van der Waals surface area contributed by atoms with E-state index in [0.29, 0.717) is 11.6 Å². The molecule has 0 unspecified atom stereocenters. The van der Waals surface area contributed by atoms with Gasteiger partial charge in [0.25, 0.3) is 0 Å². The maximum absolute atomic E-state index is 13.1. The number of sulfonamides is 1. The Kier molecular flexibility index (Phi) is 5.00. The number of hydrogen-bond acceptors (Lipinski definition) is 3. The van der Waals surface area contributed by atoms with Crippen molar-refractivity contribution < 1.29 is 26.4 Å². The molecule has 2 aromatic rings. The molecule has 5 nitrogen and oxygen atoms in total. The summed E-state index contributed by atoms with van der Waals surface area (Å²) in [6.45, 7) is -0.0904. The Morgan fingerprint density at radius 2 is 1.78 bits per heavy atom. The van der Waals surface area contributed by atoms with Crippen LogP contribution in [0, 0.1) is 0 Å². The molecule has 1 aliphatic rings. The van der Waals surface area contributed by atoms with Crippen molar-refractivity contribution >= 4 is 15.9 Å². The Bertz CT molecular complexity index is 974. The van der Waals surface area contributed by atoms with Gasteiger partial charge in [0.05, 0.1) is 10.5 Å². The van der Waals surface area contributed by atoms with Gasteiger partial charge >= 0.3 is 6.18 Å². The minimum atomic E-state index is -4.67. The zero-order chi connectivity index (χ0) is 19.8. The Hall–Kier alpha value is -2.39. The summed E-state index contributed by atoms with van der Waals surface area (Å²) in [6, 6.07) is 9.59. The molecule has 0 aromatic heterocycles. The lowest BCUT2D eigenvalue weighted by molar-refractivity contribution is -0.137. The lowest BCUT2D eigenvalue weighted by Gasteiger charge is -2.34. The number of nitrogens with zero attached hydrogens (tertiary/aromatic N) is 1. The summed E-state index contributed by atoms with van der Waals surface area (Å²) in [6.07, 6.45) is -4.52. The second kappa shape index (κ2) is 6.97. The van der Waals surface area contributed by atoms with Crippen molar-refractivity contribution in [2.24, 2.45) is 0 Å². The lowest BCUT2D eigenvalue weighted by atomic mass is 9.95. The Balaban J connectivity index is 2.07. The highest BCUT2D eigenvalue weighted by Crippen LogP contribution is 2.33. The smallest absolute Gasteiger partial charge is 0.358 e. The van der Waals surface area contributed by atoms with Crippen LogP contribution in [0.2, 0.25) is 0 Å². The van der Waals surface area contributed by atoms with E-state index in [0.717, 1.165) is 28.1 Å². The van der Waals surface area contributed by atoms with Crippen molar-refractivity contribution in [1.82, 2.24) is 9.62 Å². The predicted molar refractivity (Wildman–Crippen MR) is 92.2 cm³/mol. The normalized spacial score (nSPS) is 18.0. The Morgan fingerprint density at radius 3 is 2.41 bits per heavy atom. The van der Waals surface area contributed by atoms with Crippen molar-refractivity contribution in [2.45, 2.75) is 30.1 Å². The first-order valence-corrected chi connectivity index (χ1v) is 9.56. The molecule has 1 heterocycles. The van der Waals surface area contributed by atoms with Crippen LogP contribution in [-0.2, 0) is 34.0 Å². The second-order valence-corrected chi connectivity index (χ2v) is 8.07. The van der Waals surface area contributed by atoms with E-state index >= 15 is 0 Å². The highest BCUT2D eigenvalue weighted by Gasteiger charge is 2.40. The van der Waals surface area contributed by atoms with Crippen molar-refractivity contribution in [3.63, 3.8) is 0 Å². The summed E-state index contributed by atoms with van der Waals surface area (Å²) in [5.41, 5.74) is 0.493. The van der Waals surface area contributed by atoms with Gasteiger partial charge in [-0.15, -0.1) is 0 Å². The van der Waals surface area contributed by atoms with Crippen LogP contribution in [0.3, 0.4) is 0 Å². The summed E-state index contributed by atoms with van der Waals surface area (Å²) in [7, 11) is -2.93. The van der Waals surface area contributed by atoms with Crippen LogP contribution in [0.1, 0.15) is 16.7 Å². The SMILES string of the molecule is CNC(=O)[C@H]1Cc2ccccc2CN1S(=O)(=O)c1cccc(C(F)(F)F)c1. The fourth-order valence-corrected chi connectivity index (χ4v) is 4.72.